The molecule has 0 atom stereocenters. The largest absolute Gasteiger partial charge is 0.325 e. The Bertz CT molecular complexity index is 1280. The molecule has 1 amide bonds. The highest BCUT2D eigenvalue weighted by atomic mass is 35.5. The van der Waals surface area contributed by atoms with E-state index in [1.54, 1.807) is 17.4 Å². The number of aryl methyl sites for hydroxylation is 2. The van der Waals surface area contributed by atoms with E-state index in [0.29, 0.717) is 10.2 Å². The Morgan fingerprint density at radius 3 is 2.62 bits per heavy atom. The summed E-state index contributed by atoms with van der Waals surface area (Å²) in [5.41, 5.74) is 6.20. The summed E-state index contributed by atoms with van der Waals surface area (Å²) in [5, 5.41) is 15.1. The van der Waals surface area contributed by atoms with Gasteiger partial charge in [-0.1, -0.05) is 59.3 Å². The molecule has 0 aliphatic heterocycles. The fraction of sp³-hybridized carbons (Fsp3) is 0.208. The molecule has 5 nitrogen and oxygen atoms in total. The molecule has 32 heavy (non-hydrogen) atoms. The number of rotatable bonds is 6. The van der Waals surface area contributed by atoms with Gasteiger partial charge in [-0.15, -0.1) is 21.5 Å². The molecule has 0 radical (unpaired) electrons. The van der Waals surface area contributed by atoms with E-state index < -0.39 is 0 Å². The number of thioether (sulfide) groups is 1. The second-order valence-electron chi connectivity index (χ2n) is 7.56. The molecular formula is C24H23ClN4OS2. The third kappa shape index (κ3) is 4.60. The first kappa shape index (κ1) is 22.6. The summed E-state index contributed by atoms with van der Waals surface area (Å²) in [4.78, 5) is 13.7. The van der Waals surface area contributed by atoms with E-state index >= 15 is 0 Å². The minimum atomic E-state index is -0.114. The summed E-state index contributed by atoms with van der Waals surface area (Å²) in [6, 6.07) is 14.0. The molecule has 0 fully saturated rings. The van der Waals surface area contributed by atoms with Gasteiger partial charge in [0.1, 0.15) is 0 Å². The van der Waals surface area contributed by atoms with E-state index in [0.717, 1.165) is 28.2 Å². The zero-order valence-electron chi connectivity index (χ0n) is 18.3. The number of aromatic nitrogens is 3. The highest BCUT2D eigenvalue weighted by Crippen LogP contribution is 2.39. The summed E-state index contributed by atoms with van der Waals surface area (Å²) in [6.07, 6.45) is 0. The van der Waals surface area contributed by atoms with Crippen LogP contribution in [0.15, 0.2) is 53.0 Å². The van der Waals surface area contributed by atoms with Crippen LogP contribution in [-0.2, 0) is 11.8 Å². The fourth-order valence-electron chi connectivity index (χ4n) is 3.43. The molecule has 8 heteroatoms. The fourth-order valence-corrected chi connectivity index (χ4v) is 5.18. The van der Waals surface area contributed by atoms with Crippen molar-refractivity contribution >= 4 is 46.3 Å². The lowest BCUT2D eigenvalue weighted by Gasteiger charge is -2.09. The third-order valence-corrected chi connectivity index (χ3v) is 7.61. The van der Waals surface area contributed by atoms with E-state index in [-0.39, 0.29) is 11.7 Å². The van der Waals surface area contributed by atoms with Gasteiger partial charge in [0.25, 0.3) is 0 Å². The Morgan fingerprint density at radius 1 is 1.12 bits per heavy atom. The summed E-state index contributed by atoms with van der Waals surface area (Å²) in [5.74, 6) is 0.904. The molecule has 2 heterocycles. The lowest BCUT2D eigenvalue weighted by molar-refractivity contribution is -0.113. The van der Waals surface area contributed by atoms with Gasteiger partial charge in [-0.25, -0.2) is 0 Å². The van der Waals surface area contributed by atoms with Gasteiger partial charge >= 0.3 is 0 Å². The Morgan fingerprint density at radius 2 is 1.88 bits per heavy atom. The van der Waals surface area contributed by atoms with Crippen LogP contribution in [0.1, 0.15) is 16.0 Å². The van der Waals surface area contributed by atoms with Crippen LogP contribution >= 0.6 is 34.7 Å². The molecule has 2 aromatic heterocycles. The van der Waals surface area contributed by atoms with Crippen LogP contribution in [-0.4, -0.2) is 26.4 Å². The molecule has 4 rings (SSSR count). The molecule has 164 valence electrons. The quantitative estimate of drug-likeness (QED) is 0.318. The molecule has 0 spiro atoms. The molecule has 0 saturated carbocycles. The van der Waals surface area contributed by atoms with Crippen molar-refractivity contribution in [2.75, 3.05) is 11.1 Å². The van der Waals surface area contributed by atoms with Crippen LogP contribution in [0.2, 0.25) is 5.02 Å². The number of carbonyl (C=O) groups excluding carboxylic acids is 1. The highest BCUT2D eigenvalue weighted by Gasteiger charge is 2.19. The third-order valence-electron chi connectivity index (χ3n) is 5.27. The second kappa shape index (κ2) is 9.48. The molecule has 1 N–H and O–H groups in total. The van der Waals surface area contributed by atoms with E-state index in [9.17, 15) is 4.79 Å². The van der Waals surface area contributed by atoms with Gasteiger partial charge in [-0.3, -0.25) is 4.79 Å². The number of nitrogens with zero attached hydrogens (tertiary/aromatic N) is 3. The van der Waals surface area contributed by atoms with Crippen molar-refractivity contribution in [1.29, 1.82) is 0 Å². The van der Waals surface area contributed by atoms with Gasteiger partial charge < -0.3 is 9.88 Å². The lowest BCUT2D eigenvalue weighted by Crippen LogP contribution is -2.15. The SMILES string of the molecule is Cc1ccc(-c2c(-c3nnc(SCC(=O)Nc4cccc(Cl)c4C)n3C)csc2C)cc1. The minimum absolute atomic E-state index is 0.114. The Kier molecular flexibility index (Phi) is 6.69. The van der Waals surface area contributed by atoms with Crippen LogP contribution in [0, 0.1) is 20.8 Å². The lowest BCUT2D eigenvalue weighted by atomic mass is 10.0. The summed E-state index contributed by atoms with van der Waals surface area (Å²) >= 11 is 9.20. The van der Waals surface area contributed by atoms with Gasteiger partial charge in [0.05, 0.1) is 5.75 Å². The van der Waals surface area contributed by atoms with Crippen LogP contribution < -0.4 is 5.32 Å². The van der Waals surface area contributed by atoms with Gasteiger partial charge in [-0.05, 0) is 44.0 Å². The predicted octanol–water partition coefficient (Wildman–Crippen LogP) is 6.52. The predicted molar refractivity (Wildman–Crippen MR) is 135 cm³/mol. The van der Waals surface area contributed by atoms with Gasteiger partial charge in [0.2, 0.25) is 5.91 Å². The van der Waals surface area contributed by atoms with Crippen LogP contribution in [0.5, 0.6) is 0 Å². The molecule has 4 aromatic rings. The van der Waals surface area contributed by atoms with Crippen molar-refractivity contribution in [3.8, 4) is 22.5 Å². The highest BCUT2D eigenvalue weighted by molar-refractivity contribution is 7.99. The standard InChI is InChI=1S/C24H23ClN4OS2/c1-14-8-10-17(11-9-14)22-16(3)31-12-18(22)23-27-28-24(29(23)4)32-13-21(30)26-20-7-5-6-19(25)15(20)2/h5-12H,13H2,1-4H3,(H,26,30). The average Bonchev–Trinajstić information content (AvgIpc) is 3.32. The smallest absolute Gasteiger partial charge is 0.234 e. The van der Waals surface area contributed by atoms with Crippen LogP contribution in [0.3, 0.4) is 0 Å². The van der Waals surface area contributed by atoms with Crippen molar-refractivity contribution in [2.45, 2.75) is 25.9 Å². The van der Waals surface area contributed by atoms with Gasteiger partial charge in [0.15, 0.2) is 11.0 Å². The average molecular weight is 483 g/mol. The first-order valence-electron chi connectivity index (χ1n) is 10.1. The summed E-state index contributed by atoms with van der Waals surface area (Å²) in [6.45, 7) is 6.09. The molecule has 0 unspecified atom stereocenters. The normalized spacial score (nSPS) is 11.0. The molecule has 0 aliphatic carbocycles. The maximum Gasteiger partial charge on any atom is 0.234 e. The van der Waals surface area contributed by atoms with Crippen molar-refractivity contribution in [1.82, 2.24) is 14.8 Å². The number of nitrogens with one attached hydrogen (secondary N) is 1. The number of halogens is 1. The Balaban J connectivity index is 1.52. The maximum absolute atomic E-state index is 12.5. The number of anilines is 1. The maximum atomic E-state index is 12.5. The van der Waals surface area contributed by atoms with Gasteiger partial charge in [0, 0.05) is 39.1 Å². The van der Waals surface area contributed by atoms with E-state index in [2.05, 4.69) is 59.0 Å². The van der Waals surface area contributed by atoms with Crippen molar-refractivity contribution in [3.05, 3.63) is 68.9 Å². The van der Waals surface area contributed by atoms with Crippen molar-refractivity contribution in [2.24, 2.45) is 7.05 Å². The van der Waals surface area contributed by atoms with Crippen LogP contribution in [0.4, 0.5) is 5.69 Å². The van der Waals surface area contributed by atoms with Crippen LogP contribution in [0.25, 0.3) is 22.5 Å². The molecule has 0 bridgehead atoms. The number of carbonyl (C=O) groups is 1. The molecule has 2 aromatic carbocycles. The molecular weight excluding hydrogens is 460 g/mol. The van der Waals surface area contributed by atoms with Crippen molar-refractivity contribution < 1.29 is 4.79 Å². The van der Waals surface area contributed by atoms with Gasteiger partial charge in [-0.2, -0.15) is 0 Å². The number of amides is 1. The number of hydrogen-bond donors (Lipinski definition) is 1. The summed E-state index contributed by atoms with van der Waals surface area (Å²) < 4.78 is 1.95. The molecule has 0 aliphatic rings. The molecule has 0 saturated heterocycles. The zero-order valence-corrected chi connectivity index (χ0v) is 20.7. The topological polar surface area (TPSA) is 59.8 Å². The van der Waals surface area contributed by atoms with Crippen molar-refractivity contribution in [3.63, 3.8) is 0 Å². The van der Waals surface area contributed by atoms with E-state index in [1.165, 1.54) is 27.8 Å². The number of hydrogen-bond acceptors (Lipinski definition) is 5. The first-order valence-corrected chi connectivity index (χ1v) is 12.3. The first-order chi connectivity index (χ1) is 15.3. The zero-order chi connectivity index (χ0) is 22.8. The number of benzene rings is 2. The number of thiophene rings is 1. The van der Waals surface area contributed by atoms with E-state index in [1.807, 2.05) is 30.7 Å². The Hall–Kier alpha value is -2.61. The minimum Gasteiger partial charge on any atom is -0.325 e. The summed E-state index contributed by atoms with van der Waals surface area (Å²) in [7, 11) is 1.93. The second-order valence-corrected chi connectivity index (χ2v) is 9.99. The Labute approximate surface area is 200 Å². The van der Waals surface area contributed by atoms with E-state index in [4.69, 9.17) is 11.6 Å². The monoisotopic (exact) mass is 482 g/mol.